The van der Waals surface area contributed by atoms with Gasteiger partial charge in [0.2, 0.25) is 5.91 Å². The van der Waals surface area contributed by atoms with Gasteiger partial charge in [0, 0.05) is 36.2 Å². The molecule has 166 valence electrons. The first-order valence-electron chi connectivity index (χ1n) is 10.8. The Hall–Kier alpha value is -2.34. The fourth-order valence-electron chi connectivity index (χ4n) is 4.89. The molecule has 0 N–H and O–H groups in total. The van der Waals surface area contributed by atoms with Gasteiger partial charge in [-0.15, -0.1) is 0 Å². The summed E-state index contributed by atoms with van der Waals surface area (Å²) in [5, 5.41) is 0. The molecule has 3 nitrogen and oxygen atoms in total. The van der Waals surface area contributed by atoms with E-state index in [2.05, 4.69) is 4.90 Å². The molecule has 2 aliphatic rings. The number of halogens is 3. The monoisotopic (exact) mass is 430 g/mol. The van der Waals surface area contributed by atoms with Crippen molar-refractivity contribution in [3.63, 3.8) is 0 Å². The molecular weight excluding hydrogens is 401 g/mol. The maximum absolute atomic E-state index is 14.2. The van der Waals surface area contributed by atoms with Crippen LogP contribution in [0.1, 0.15) is 51.2 Å². The number of anilines is 1. The van der Waals surface area contributed by atoms with E-state index < -0.39 is 11.6 Å². The Kier molecular flexibility index (Phi) is 5.63. The Bertz CT molecular complexity index is 991. The van der Waals surface area contributed by atoms with Crippen LogP contribution in [0, 0.1) is 22.9 Å². The third-order valence-corrected chi connectivity index (χ3v) is 6.48. The van der Waals surface area contributed by atoms with Crippen molar-refractivity contribution in [1.82, 2.24) is 4.90 Å². The number of carbonyl (C=O) groups is 1. The second-order valence-electron chi connectivity index (χ2n) is 10.2. The zero-order valence-electron chi connectivity index (χ0n) is 18.4. The van der Waals surface area contributed by atoms with Gasteiger partial charge in [0.25, 0.3) is 0 Å². The summed E-state index contributed by atoms with van der Waals surface area (Å²) in [6, 6.07) is 8.22. The summed E-state index contributed by atoms with van der Waals surface area (Å²) in [6.07, 6.45) is 1.89. The maximum Gasteiger partial charge on any atom is 0.227 e. The summed E-state index contributed by atoms with van der Waals surface area (Å²) in [4.78, 5) is 17.0. The molecule has 2 aromatic rings. The minimum Gasteiger partial charge on any atom is -0.311 e. The van der Waals surface area contributed by atoms with Crippen LogP contribution >= 0.6 is 0 Å². The molecule has 2 aliphatic heterocycles. The van der Waals surface area contributed by atoms with Crippen LogP contribution in [0.15, 0.2) is 36.4 Å². The zero-order valence-corrected chi connectivity index (χ0v) is 18.4. The van der Waals surface area contributed by atoms with Crippen LogP contribution in [0.3, 0.4) is 0 Å². The van der Waals surface area contributed by atoms with Gasteiger partial charge in [-0.05, 0) is 73.3 Å². The predicted octanol–water partition coefficient (Wildman–Crippen LogP) is 5.42. The number of fused-ring (bicyclic) bond motifs is 2. The van der Waals surface area contributed by atoms with Gasteiger partial charge in [-0.25, -0.2) is 13.2 Å². The summed E-state index contributed by atoms with van der Waals surface area (Å²) >= 11 is 0. The number of likely N-dealkylation sites (tertiary alicyclic amines) is 1. The highest BCUT2D eigenvalue weighted by Gasteiger charge is 2.46. The van der Waals surface area contributed by atoms with E-state index >= 15 is 0 Å². The van der Waals surface area contributed by atoms with Gasteiger partial charge >= 0.3 is 0 Å². The second kappa shape index (κ2) is 7.97. The Morgan fingerprint density at radius 1 is 1.00 bits per heavy atom. The van der Waals surface area contributed by atoms with E-state index in [9.17, 15) is 18.0 Å². The Labute approximate surface area is 181 Å². The average molecular weight is 431 g/mol. The molecule has 1 spiro atoms. The fraction of sp³-hybridized carbons (Fsp3) is 0.480. The molecule has 0 atom stereocenters. The molecule has 0 bridgehead atoms. The van der Waals surface area contributed by atoms with Gasteiger partial charge < -0.3 is 4.90 Å². The number of benzene rings is 2. The van der Waals surface area contributed by atoms with Crippen molar-refractivity contribution in [3.05, 3.63) is 65.0 Å². The summed E-state index contributed by atoms with van der Waals surface area (Å²) in [6.45, 7) is 8.33. The van der Waals surface area contributed by atoms with E-state index in [1.54, 1.807) is 12.1 Å². The molecule has 0 aromatic heterocycles. The van der Waals surface area contributed by atoms with Gasteiger partial charge in [-0.2, -0.15) is 0 Å². The van der Waals surface area contributed by atoms with E-state index in [1.807, 2.05) is 25.7 Å². The smallest absolute Gasteiger partial charge is 0.227 e. The first-order valence-corrected chi connectivity index (χ1v) is 10.8. The molecule has 1 fully saturated rings. The van der Waals surface area contributed by atoms with Crippen LogP contribution < -0.4 is 4.90 Å². The fourth-order valence-corrected chi connectivity index (χ4v) is 4.89. The highest BCUT2D eigenvalue weighted by molar-refractivity contribution is 5.96. The third-order valence-electron chi connectivity index (χ3n) is 6.48. The quantitative estimate of drug-likeness (QED) is 0.649. The standard InChI is InChI=1S/C25H29F3N2O/c1-24(2,3)14-23(31)30-16-25(20-13-19(27)5-7-22(20)30)8-10-29(11-9-25)15-17-12-18(26)4-6-21(17)28/h4-7,12-13H,8-11,14-16H2,1-3H3. The Morgan fingerprint density at radius 2 is 1.65 bits per heavy atom. The number of piperidine rings is 1. The number of rotatable bonds is 3. The Morgan fingerprint density at radius 3 is 2.32 bits per heavy atom. The Balaban J connectivity index is 1.54. The summed E-state index contributed by atoms with van der Waals surface area (Å²) in [5.74, 6) is -1.10. The van der Waals surface area contributed by atoms with Crippen LogP contribution in [0.4, 0.5) is 18.9 Å². The maximum atomic E-state index is 14.2. The molecule has 6 heteroatoms. The molecule has 1 saturated heterocycles. The van der Waals surface area contributed by atoms with E-state index in [1.165, 1.54) is 12.1 Å². The van der Waals surface area contributed by atoms with Crippen molar-refractivity contribution in [1.29, 1.82) is 0 Å². The van der Waals surface area contributed by atoms with Gasteiger partial charge in [0.05, 0.1) is 0 Å². The topological polar surface area (TPSA) is 23.6 Å². The van der Waals surface area contributed by atoms with Crippen molar-refractivity contribution in [3.8, 4) is 0 Å². The second-order valence-corrected chi connectivity index (χ2v) is 10.2. The van der Waals surface area contributed by atoms with Gasteiger partial charge in [-0.3, -0.25) is 9.69 Å². The van der Waals surface area contributed by atoms with Gasteiger partial charge in [0.15, 0.2) is 0 Å². The summed E-state index contributed by atoms with van der Waals surface area (Å²) in [5.41, 5.74) is 1.61. The number of hydrogen-bond acceptors (Lipinski definition) is 2. The highest BCUT2D eigenvalue weighted by atomic mass is 19.1. The van der Waals surface area contributed by atoms with E-state index in [4.69, 9.17) is 0 Å². The van der Waals surface area contributed by atoms with Crippen molar-refractivity contribution in [2.45, 2.75) is 52.0 Å². The molecule has 2 heterocycles. The van der Waals surface area contributed by atoms with Crippen LogP contribution in [-0.4, -0.2) is 30.4 Å². The highest BCUT2D eigenvalue weighted by Crippen LogP contribution is 2.48. The first kappa shape index (κ1) is 21.9. The normalized spacial score (nSPS) is 18.5. The number of hydrogen-bond donors (Lipinski definition) is 0. The molecule has 0 radical (unpaired) electrons. The summed E-state index contributed by atoms with van der Waals surface area (Å²) in [7, 11) is 0. The molecule has 0 aliphatic carbocycles. The molecule has 0 unspecified atom stereocenters. The van der Waals surface area contributed by atoms with Crippen LogP contribution in [-0.2, 0) is 16.8 Å². The number of nitrogens with zero attached hydrogens (tertiary/aromatic N) is 2. The molecule has 4 rings (SSSR count). The average Bonchev–Trinajstić information content (AvgIpc) is 2.99. The van der Waals surface area contributed by atoms with Crippen molar-refractivity contribution >= 4 is 11.6 Å². The molecule has 1 amide bonds. The predicted molar refractivity (Wildman–Crippen MR) is 115 cm³/mol. The summed E-state index contributed by atoms with van der Waals surface area (Å²) < 4.78 is 41.7. The molecular formula is C25H29F3N2O. The van der Waals surface area contributed by atoms with Gasteiger partial charge in [0.1, 0.15) is 17.5 Å². The van der Waals surface area contributed by atoms with Crippen molar-refractivity contribution in [2.24, 2.45) is 5.41 Å². The lowest BCUT2D eigenvalue weighted by Crippen LogP contribution is -2.46. The third kappa shape index (κ3) is 4.49. The minimum absolute atomic E-state index is 0.0569. The van der Waals surface area contributed by atoms with E-state index in [-0.39, 0.29) is 22.6 Å². The van der Waals surface area contributed by atoms with Crippen molar-refractivity contribution < 1.29 is 18.0 Å². The van der Waals surface area contributed by atoms with Crippen LogP contribution in [0.25, 0.3) is 0 Å². The van der Waals surface area contributed by atoms with Crippen LogP contribution in [0.5, 0.6) is 0 Å². The molecule has 0 saturated carbocycles. The zero-order chi connectivity index (χ0) is 22.4. The van der Waals surface area contributed by atoms with E-state index in [0.29, 0.717) is 38.2 Å². The van der Waals surface area contributed by atoms with E-state index in [0.717, 1.165) is 36.2 Å². The van der Waals surface area contributed by atoms with Gasteiger partial charge in [-0.1, -0.05) is 20.8 Å². The lowest BCUT2D eigenvalue weighted by molar-refractivity contribution is -0.120. The minimum atomic E-state index is -0.446. The SMILES string of the molecule is CC(C)(C)CC(=O)N1CC2(CCN(Cc3cc(F)ccc3F)CC2)c2cc(F)ccc21. The van der Waals surface area contributed by atoms with Crippen LogP contribution in [0.2, 0.25) is 0 Å². The number of carbonyl (C=O) groups excluding carboxylic acids is 1. The molecule has 31 heavy (non-hydrogen) atoms. The lowest BCUT2D eigenvalue weighted by Gasteiger charge is -2.40. The van der Waals surface area contributed by atoms with Crippen molar-refractivity contribution in [2.75, 3.05) is 24.5 Å². The largest absolute Gasteiger partial charge is 0.311 e. The lowest BCUT2D eigenvalue weighted by atomic mass is 9.74. The molecule has 2 aromatic carbocycles. The number of amides is 1. The first-order chi connectivity index (χ1) is 14.6.